The highest BCUT2D eigenvalue weighted by Crippen LogP contribution is 2.47. The maximum Gasteiger partial charge on any atom is 0.192 e. The predicted molar refractivity (Wildman–Crippen MR) is 129 cm³/mol. The average Bonchev–Trinajstić information content (AvgIpc) is 2.91. The third-order valence-corrected chi connectivity index (χ3v) is 11.4. The van der Waals surface area contributed by atoms with Crippen molar-refractivity contribution >= 4 is 8.32 Å². The van der Waals surface area contributed by atoms with Crippen molar-refractivity contribution in [1.82, 2.24) is 5.06 Å². The number of nitrogens with zero attached hydrogens (tertiary/aromatic N) is 1. The van der Waals surface area contributed by atoms with Gasteiger partial charge in [0.05, 0.1) is 24.9 Å². The van der Waals surface area contributed by atoms with Crippen LogP contribution in [0.2, 0.25) is 18.1 Å². The van der Waals surface area contributed by atoms with Crippen molar-refractivity contribution in [1.29, 1.82) is 0 Å². The van der Waals surface area contributed by atoms with Gasteiger partial charge in [-0.15, -0.1) is 0 Å². The number of benzene rings is 1. The Kier molecular flexibility index (Phi) is 8.56. The molecule has 1 aromatic carbocycles. The van der Waals surface area contributed by atoms with Gasteiger partial charge in [0.15, 0.2) is 8.32 Å². The van der Waals surface area contributed by atoms with Crippen LogP contribution in [-0.4, -0.2) is 54.1 Å². The second-order valence-corrected chi connectivity index (χ2v) is 16.5. The van der Waals surface area contributed by atoms with E-state index < -0.39 is 20.0 Å². The highest BCUT2D eigenvalue weighted by atomic mass is 28.4. The Morgan fingerprint density at radius 1 is 1.16 bits per heavy atom. The van der Waals surface area contributed by atoms with Gasteiger partial charge in [0.1, 0.15) is 5.60 Å². The molecule has 178 valence electrons. The average molecular weight is 452 g/mol. The molecule has 2 N–H and O–H groups in total. The third-order valence-electron chi connectivity index (χ3n) is 6.89. The molecule has 6 heteroatoms. The number of aliphatic hydroxyl groups is 2. The van der Waals surface area contributed by atoms with Gasteiger partial charge in [-0.05, 0) is 49.4 Å². The van der Waals surface area contributed by atoms with Crippen molar-refractivity contribution < 1.29 is 19.5 Å². The van der Waals surface area contributed by atoms with Gasteiger partial charge >= 0.3 is 0 Å². The first-order valence-corrected chi connectivity index (χ1v) is 14.6. The SMILES string of the molecule is CC(C)C[C@]1(CC(O)CO)C[C@](C)(CO[Si](C)(C)C(C)(C)C)ON1Cc1ccccc1. The summed E-state index contributed by atoms with van der Waals surface area (Å²) >= 11 is 0. The number of hydroxylamine groups is 2. The Morgan fingerprint density at radius 3 is 2.29 bits per heavy atom. The zero-order valence-corrected chi connectivity index (χ0v) is 21.9. The van der Waals surface area contributed by atoms with E-state index in [-0.39, 0.29) is 17.2 Å². The van der Waals surface area contributed by atoms with E-state index in [9.17, 15) is 10.2 Å². The van der Waals surface area contributed by atoms with Gasteiger partial charge in [-0.2, -0.15) is 5.06 Å². The molecule has 0 radical (unpaired) electrons. The summed E-state index contributed by atoms with van der Waals surface area (Å²) in [5, 5.41) is 22.3. The predicted octanol–water partition coefficient (Wildman–Crippen LogP) is 5.13. The standard InChI is InChI=1S/C25H45NO4Si/c1-20(2)14-25(15-22(28)17-27)18-24(6,19-29-31(7,8)23(3,4)5)30-26(25)16-21-12-10-9-11-13-21/h9-13,20,22,27-28H,14-19H2,1-8H3/t22?,24-,25+/m1/s1. The number of aliphatic hydroxyl groups excluding tert-OH is 2. The van der Waals surface area contributed by atoms with Gasteiger partial charge in [0.2, 0.25) is 0 Å². The summed E-state index contributed by atoms with van der Waals surface area (Å²) in [6.45, 7) is 18.8. The van der Waals surface area contributed by atoms with Crippen molar-refractivity contribution in [3.63, 3.8) is 0 Å². The van der Waals surface area contributed by atoms with Crippen LogP contribution in [0.1, 0.15) is 66.4 Å². The lowest BCUT2D eigenvalue weighted by atomic mass is 9.77. The van der Waals surface area contributed by atoms with Gasteiger partial charge in [-0.3, -0.25) is 4.84 Å². The topological polar surface area (TPSA) is 62.2 Å². The molecule has 31 heavy (non-hydrogen) atoms. The molecule has 5 nitrogen and oxygen atoms in total. The zero-order valence-electron chi connectivity index (χ0n) is 20.9. The second kappa shape index (κ2) is 10.0. The molecule has 3 atom stereocenters. The Hall–Kier alpha value is -0.763. The van der Waals surface area contributed by atoms with Crippen LogP contribution in [0.5, 0.6) is 0 Å². The van der Waals surface area contributed by atoms with E-state index in [4.69, 9.17) is 9.26 Å². The molecule has 1 fully saturated rings. The quantitative estimate of drug-likeness (QED) is 0.483. The minimum absolute atomic E-state index is 0.133. The Labute approximate surface area is 190 Å². The van der Waals surface area contributed by atoms with E-state index in [1.165, 1.54) is 5.56 Å². The summed E-state index contributed by atoms with van der Waals surface area (Å²) in [6, 6.07) is 10.3. The maximum atomic E-state index is 10.5. The van der Waals surface area contributed by atoms with Gasteiger partial charge in [-0.1, -0.05) is 65.0 Å². The molecule has 0 saturated carbocycles. The summed E-state index contributed by atoms with van der Waals surface area (Å²) in [5.41, 5.74) is 0.329. The molecule has 1 unspecified atom stereocenters. The smallest absolute Gasteiger partial charge is 0.192 e. The lowest BCUT2D eigenvalue weighted by molar-refractivity contribution is -0.237. The van der Waals surface area contributed by atoms with E-state index in [2.05, 4.69) is 71.8 Å². The van der Waals surface area contributed by atoms with Gasteiger partial charge in [-0.25, -0.2) is 0 Å². The lowest BCUT2D eigenvalue weighted by Gasteiger charge is -2.39. The van der Waals surface area contributed by atoms with Gasteiger partial charge in [0.25, 0.3) is 0 Å². The van der Waals surface area contributed by atoms with Crippen LogP contribution >= 0.6 is 0 Å². The van der Waals surface area contributed by atoms with Crippen LogP contribution in [0.15, 0.2) is 30.3 Å². The molecule has 1 aromatic rings. The summed E-state index contributed by atoms with van der Waals surface area (Å²) in [4.78, 5) is 6.66. The molecule has 2 rings (SSSR count). The van der Waals surface area contributed by atoms with E-state index in [0.29, 0.717) is 25.5 Å². The second-order valence-electron chi connectivity index (χ2n) is 11.7. The molecular formula is C25H45NO4Si. The highest BCUT2D eigenvalue weighted by molar-refractivity contribution is 6.74. The van der Waals surface area contributed by atoms with Crippen molar-refractivity contribution in [2.75, 3.05) is 13.2 Å². The third kappa shape index (κ3) is 6.86. The molecule has 1 aliphatic rings. The van der Waals surface area contributed by atoms with Crippen LogP contribution in [0.4, 0.5) is 0 Å². The first-order valence-electron chi connectivity index (χ1n) is 11.7. The fourth-order valence-electron chi connectivity index (χ4n) is 4.45. The van der Waals surface area contributed by atoms with Gasteiger partial charge < -0.3 is 14.6 Å². The summed E-state index contributed by atoms with van der Waals surface area (Å²) < 4.78 is 6.58. The molecule has 1 aliphatic heterocycles. The van der Waals surface area contributed by atoms with Crippen LogP contribution in [0, 0.1) is 5.92 Å². The van der Waals surface area contributed by atoms with Crippen molar-refractivity contribution in [3.8, 4) is 0 Å². The Bertz CT molecular complexity index is 691. The first-order chi connectivity index (χ1) is 14.2. The van der Waals surface area contributed by atoms with Crippen molar-refractivity contribution in [3.05, 3.63) is 35.9 Å². The molecule has 0 amide bonds. The Balaban J connectivity index is 2.34. The monoisotopic (exact) mass is 451 g/mol. The molecule has 0 aliphatic carbocycles. The fraction of sp³-hybridized carbons (Fsp3) is 0.760. The largest absolute Gasteiger partial charge is 0.414 e. The fourth-order valence-corrected chi connectivity index (χ4v) is 5.55. The van der Waals surface area contributed by atoms with Crippen LogP contribution < -0.4 is 0 Å². The molecule has 0 bridgehead atoms. The first kappa shape index (κ1) is 26.5. The maximum absolute atomic E-state index is 10.5. The lowest BCUT2D eigenvalue weighted by Crippen LogP contribution is -2.47. The van der Waals surface area contributed by atoms with E-state index in [0.717, 1.165) is 12.8 Å². The normalized spacial score (nSPS) is 26.5. The molecule has 1 heterocycles. The van der Waals surface area contributed by atoms with Crippen molar-refractivity contribution in [2.24, 2.45) is 5.92 Å². The van der Waals surface area contributed by atoms with Crippen LogP contribution in [0.25, 0.3) is 0 Å². The van der Waals surface area contributed by atoms with E-state index >= 15 is 0 Å². The van der Waals surface area contributed by atoms with Crippen LogP contribution in [-0.2, 0) is 15.8 Å². The van der Waals surface area contributed by atoms with Crippen molar-refractivity contribution in [2.45, 2.75) is 103 Å². The zero-order chi connectivity index (χ0) is 23.5. The summed E-state index contributed by atoms with van der Waals surface area (Å²) in [6.07, 6.45) is 1.34. The number of hydrogen-bond acceptors (Lipinski definition) is 5. The van der Waals surface area contributed by atoms with E-state index in [1.807, 2.05) is 18.2 Å². The highest BCUT2D eigenvalue weighted by Gasteiger charge is 2.54. The minimum atomic E-state index is -1.92. The molecule has 0 spiro atoms. The Morgan fingerprint density at radius 2 is 1.77 bits per heavy atom. The molecule has 0 aromatic heterocycles. The van der Waals surface area contributed by atoms with Gasteiger partial charge in [0, 0.05) is 13.0 Å². The summed E-state index contributed by atoms with van der Waals surface area (Å²) in [7, 11) is -1.92. The number of hydrogen-bond donors (Lipinski definition) is 2. The number of rotatable bonds is 10. The molecular weight excluding hydrogens is 406 g/mol. The van der Waals surface area contributed by atoms with Crippen LogP contribution in [0.3, 0.4) is 0 Å². The van der Waals surface area contributed by atoms with E-state index in [1.54, 1.807) is 0 Å². The minimum Gasteiger partial charge on any atom is -0.414 e. The molecule has 1 saturated heterocycles. The summed E-state index contributed by atoms with van der Waals surface area (Å²) in [5.74, 6) is 0.427.